The summed E-state index contributed by atoms with van der Waals surface area (Å²) in [6.07, 6.45) is 1.39. The predicted molar refractivity (Wildman–Crippen MR) is 78.4 cm³/mol. The van der Waals surface area contributed by atoms with Crippen LogP contribution in [0.5, 0.6) is 0 Å². The summed E-state index contributed by atoms with van der Waals surface area (Å²) < 4.78 is 0. The Labute approximate surface area is 134 Å². The van der Waals surface area contributed by atoms with Crippen LogP contribution in [0.1, 0.15) is 5.82 Å². The number of rotatable bonds is 3. The van der Waals surface area contributed by atoms with Gasteiger partial charge in [0.25, 0.3) is 5.91 Å². The number of nitrogen functional groups attached to an aromatic ring is 1. The zero-order chi connectivity index (χ0) is 15.9. The Bertz CT molecular complexity index is 484. The number of carbonyl (C=O) groups is 2. The Hall–Kier alpha value is -1.02. The van der Waals surface area contributed by atoms with E-state index in [9.17, 15) is 9.59 Å². The van der Waals surface area contributed by atoms with Gasteiger partial charge in [-0.1, -0.05) is 46.4 Å². The van der Waals surface area contributed by atoms with Crippen LogP contribution in [0.25, 0.3) is 0 Å². The fraction of sp³-hybridized carbons (Fsp3) is 0.333. The van der Waals surface area contributed by atoms with Crippen LogP contribution in [0.15, 0.2) is 6.20 Å². The molecule has 1 aromatic heterocycles. The first kappa shape index (κ1) is 19.0. The molecule has 1 heterocycles. The van der Waals surface area contributed by atoms with Crippen LogP contribution >= 0.6 is 46.4 Å². The van der Waals surface area contributed by atoms with E-state index in [0.717, 1.165) is 0 Å². The second-order valence-corrected chi connectivity index (χ2v) is 5.34. The van der Waals surface area contributed by atoms with Crippen LogP contribution in [0.4, 0.5) is 11.5 Å². The highest BCUT2D eigenvalue weighted by atomic mass is 35.5. The van der Waals surface area contributed by atoms with Gasteiger partial charge < -0.3 is 16.2 Å². The summed E-state index contributed by atoms with van der Waals surface area (Å²) in [5.41, 5.74) is 5.82. The average Bonchev–Trinajstić information content (AvgIpc) is 2.33. The third kappa shape index (κ3) is 7.54. The first-order valence-electron chi connectivity index (χ1n) is 4.84. The van der Waals surface area contributed by atoms with Crippen molar-refractivity contribution in [1.29, 1.82) is 0 Å². The van der Waals surface area contributed by atoms with Crippen LogP contribution in [0.2, 0.25) is 0 Å². The lowest BCUT2D eigenvalue weighted by Crippen LogP contribution is -2.20. The lowest BCUT2D eigenvalue weighted by molar-refractivity contribution is -0.135. The maximum Gasteiger partial charge on any atom is 0.337 e. The minimum absolute atomic E-state index is 0.180. The molecule has 0 bridgehead atoms. The average molecular weight is 364 g/mol. The molecule has 0 saturated heterocycles. The topological polar surface area (TPSA) is 118 Å². The number of carboxylic acid groups (broad SMARTS) is 1. The van der Waals surface area contributed by atoms with Crippen LogP contribution in [-0.2, 0) is 9.59 Å². The van der Waals surface area contributed by atoms with Gasteiger partial charge in [-0.3, -0.25) is 4.79 Å². The number of nitrogens with two attached hydrogens (primary N) is 1. The highest BCUT2D eigenvalue weighted by Gasteiger charge is 2.13. The van der Waals surface area contributed by atoms with Crippen molar-refractivity contribution >= 4 is 69.8 Å². The van der Waals surface area contributed by atoms with Crippen molar-refractivity contribution in [3.05, 3.63) is 12.0 Å². The van der Waals surface area contributed by atoms with Crippen LogP contribution in [0.3, 0.4) is 0 Å². The molecule has 0 fully saturated rings. The molecule has 0 aliphatic carbocycles. The first-order chi connectivity index (χ1) is 9.15. The van der Waals surface area contributed by atoms with E-state index in [0.29, 0.717) is 11.5 Å². The molecule has 0 atom stereocenters. The highest BCUT2D eigenvalue weighted by Crippen LogP contribution is 2.15. The summed E-state index contributed by atoms with van der Waals surface area (Å²) >= 11 is 20.2. The lowest BCUT2D eigenvalue weighted by atomic mass is 10.4. The standard InChI is InChI=1S/C7H8Cl2N4O.C2H2Cl2O2/c1-3-11-2-4(6(10)12-3)13-7(14)5(8)9;3-1(4)2(5)6/h2,5H,1H3,(H,13,14)(H2,10,11,12);1H,(H,5,6). The SMILES string of the molecule is Cc1ncc(NC(=O)C(Cl)Cl)c(N)n1.O=C(O)C(Cl)Cl. The molecule has 0 unspecified atom stereocenters. The normalized spacial score (nSPS) is 9.95. The molecule has 0 radical (unpaired) electrons. The van der Waals surface area contributed by atoms with E-state index >= 15 is 0 Å². The molecule has 20 heavy (non-hydrogen) atoms. The van der Waals surface area contributed by atoms with Gasteiger partial charge in [-0.15, -0.1) is 0 Å². The highest BCUT2D eigenvalue weighted by molar-refractivity contribution is 6.54. The number of carboxylic acids is 1. The van der Waals surface area contributed by atoms with E-state index < -0.39 is 21.5 Å². The van der Waals surface area contributed by atoms with Crippen molar-refractivity contribution < 1.29 is 14.7 Å². The predicted octanol–water partition coefficient (Wildman–Crippen LogP) is 1.98. The molecule has 1 aromatic rings. The number of alkyl halides is 4. The molecule has 0 saturated carbocycles. The maximum atomic E-state index is 11.1. The largest absolute Gasteiger partial charge is 0.479 e. The van der Waals surface area contributed by atoms with Gasteiger partial charge in [-0.05, 0) is 6.92 Å². The Morgan fingerprint density at radius 3 is 2.15 bits per heavy atom. The number of aryl methyl sites for hydroxylation is 1. The van der Waals surface area contributed by atoms with Gasteiger partial charge in [0, 0.05) is 0 Å². The Balaban J connectivity index is 0.000000511. The van der Waals surface area contributed by atoms with Crippen LogP contribution in [0, 0.1) is 6.92 Å². The van der Waals surface area contributed by atoms with Crippen LogP contribution in [-0.4, -0.2) is 36.6 Å². The molecule has 7 nitrogen and oxygen atoms in total. The number of hydrogen-bond acceptors (Lipinski definition) is 5. The quantitative estimate of drug-likeness (QED) is 0.706. The number of carbonyl (C=O) groups excluding carboxylic acids is 1. The maximum absolute atomic E-state index is 11.1. The molecule has 0 aromatic carbocycles. The second kappa shape index (κ2) is 9.02. The minimum Gasteiger partial charge on any atom is -0.479 e. The number of halogens is 4. The third-order valence-electron chi connectivity index (χ3n) is 1.58. The van der Waals surface area contributed by atoms with Gasteiger partial charge in [-0.2, -0.15) is 0 Å². The zero-order valence-corrected chi connectivity index (χ0v) is 13.0. The van der Waals surface area contributed by atoms with E-state index in [1.165, 1.54) is 6.20 Å². The Morgan fingerprint density at radius 2 is 1.80 bits per heavy atom. The molecule has 1 amide bonds. The number of aliphatic carboxylic acids is 1. The minimum atomic E-state index is -1.29. The summed E-state index contributed by atoms with van der Waals surface area (Å²) in [7, 11) is 0. The van der Waals surface area contributed by atoms with Gasteiger partial charge in [0.1, 0.15) is 11.5 Å². The van der Waals surface area contributed by atoms with E-state index in [1.807, 2.05) is 0 Å². The molecule has 1 rings (SSSR count). The molecule has 0 aliphatic rings. The molecule has 0 spiro atoms. The summed E-state index contributed by atoms with van der Waals surface area (Å²) in [6, 6.07) is 0. The summed E-state index contributed by atoms with van der Waals surface area (Å²) in [5.74, 6) is -1.07. The van der Waals surface area contributed by atoms with Crippen molar-refractivity contribution in [2.75, 3.05) is 11.1 Å². The number of nitrogens with one attached hydrogen (secondary N) is 1. The van der Waals surface area contributed by atoms with Crippen LogP contribution < -0.4 is 11.1 Å². The Morgan fingerprint density at radius 1 is 1.30 bits per heavy atom. The van der Waals surface area contributed by atoms with E-state index in [4.69, 9.17) is 57.2 Å². The lowest BCUT2D eigenvalue weighted by Gasteiger charge is -2.07. The van der Waals surface area contributed by atoms with Gasteiger partial charge in [0.05, 0.1) is 6.20 Å². The van der Waals surface area contributed by atoms with Gasteiger partial charge in [-0.25, -0.2) is 14.8 Å². The van der Waals surface area contributed by atoms with Crippen molar-refractivity contribution in [1.82, 2.24) is 9.97 Å². The first-order valence-corrected chi connectivity index (χ1v) is 6.58. The zero-order valence-electron chi connectivity index (χ0n) is 9.98. The molecule has 4 N–H and O–H groups in total. The van der Waals surface area contributed by atoms with E-state index in [-0.39, 0.29) is 5.82 Å². The summed E-state index contributed by atoms with van der Waals surface area (Å²) in [6.45, 7) is 1.69. The van der Waals surface area contributed by atoms with Crippen molar-refractivity contribution in [3.8, 4) is 0 Å². The molecule has 0 aliphatic heterocycles. The monoisotopic (exact) mass is 362 g/mol. The van der Waals surface area contributed by atoms with Crippen molar-refractivity contribution in [3.63, 3.8) is 0 Å². The summed E-state index contributed by atoms with van der Waals surface area (Å²) in [4.78, 5) is 25.8. The van der Waals surface area contributed by atoms with Crippen molar-refractivity contribution in [2.45, 2.75) is 16.6 Å². The molecule has 11 heteroatoms. The van der Waals surface area contributed by atoms with Crippen molar-refractivity contribution in [2.24, 2.45) is 0 Å². The number of anilines is 2. The third-order valence-corrected chi connectivity index (χ3v) is 2.35. The fourth-order valence-corrected chi connectivity index (χ4v) is 0.880. The number of nitrogens with zero attached hydrogens (tertiary/aromatic N) is 2. The van der Waals surface area contributed by atoms with E-state index in [2.05, 4.69) is 15.3 Å². The second-order valence-electron chi connectivity index (χ2n) is 3.15. The number of amides is 1. The fourth-order valence-electron chi connectivity index (χ4n) is 0.771. The van der Waals surface area contributed by atoms with Gasteiger partial charge >= 0.3 is 5.97 Å². The van der Waals surface area contributed by atoms with E-state index in [1.54, 1.807) is 6.92 Å². The number of hydrogen-bond donors (Lipinski definition) is 3. The smallest absolute Gasteiger partial charge is 0.337 e. The molecular weight excluding hydrogens is 354 g/mol. The molecular formula is C9H10Cl4N4O3. The Kier molecular flexibility index (Phi) is 8.56. The van der Waals surface area contributed by atoms with Gasteiger partial charge in [0.15, 0.2) is 10.7 Å². The number of aromatic nitrogens is 2. The van der Waals surface area contributed by atoms with Gasteiger partial charge in [0.2, 0.25) is 4.84 Å². The summed E-state index contributed by atoms with van der Waals surface area (Å²) in [5, 5.41) is 10.1. The molecule has 112 valence electrons.